The van der Waals surface area contributed by atoms with Crippen molar-refractivity contribution in [3.8, 4) is 11.5 Å². The Morgan fingerprint density at radius 3 is 2.60 bits per heavy atom. The molecule has 0 radical (unpaired) electrons. The van der Waals surface area contributed by atoms with Gasteiger partial charge in [0.05, 0.1) is 6.61 Å². The van der Waals surface area contributed by atoms with Crippen molar-refractivity contribution in [3.05, 3.63) is 23.8 Å². The molecule has 5 heteroatoms. The topological polar surface area (TPSA) is 50.8 Å². The van der Waals surface area contributed by atoms with Crippen LogP contribution in [0.3, 0.4) is 0 Å². The summed E-state index contributed by atoms with van der Waals surface area (Å²) in [7, 11) is 3.42. The first-order valence-electron chi connectivity index (χ1n) is 6.88. The molecule has 0 aliphatic rings. The van der Waals surface area contributed by atoms with E-state index in [1.54, 1.807) is 14.1 Å². The van der Waals surface area contributed by atoms with Crippen molar-refractivity contribution in [1.29, 1.82) is 0 Å². The number of benzene rings is 1. The van der Waals surface area contributed by atoms with Crippen molar-refractivity contribution in [2.24, 2.45) is 0 Å². The molecule has 0 fully saturated rings. The van der Waals surface area contributed by atoms with E-state index in [2.05, 4.69) is 5.32 Å². The highest BCUT2D eigenvalue weighted by molar-refractivity contribution is 5.77. The third-order valence-corrected chi connectivity index (χ3v) is 2.76. The first kappa shape index (κ1) is 16.3. The fourth-order valence-corrected chi connectivity index (χ4v) is 1.66. The molecule has 20 heavy (non-hydrogen) atoms. The molecular formula is C15H24N2O3. The summed E-state index contributed by atoms with van der Waals surface area (Å²) in [6.07, 6.45) is 0. The highest BCUT2D eigenvalue weighted by atomic mass is 16.5. The van der Waals surface area contributed by atoms with Crippen LogP contribution in [0.25, 0.3) is 0 Å². The first-order valence-corrected chi connectivity index (χ1v) is 6.88. The molecule has 1 aromatic rings. The van der Waals surface area contributed by atoms with Crippen molar-refractivity contribution < 1.29 is 14.3 Å². The summed E-state index contributed by atoms with van der Waals surface area (Å²) in [6.45, 7) is 6.09. The summed E-state index contributed by atoms with van der Waals surface area (Å²) < 4.78 is 11.3. The molecule has 0 atom stereocenters. The predicted octanol–water partition coefficient (Wildman–Crippen LogP) is 1.66. The SMILES string of the molecule is CCNCc1cccc(OCC)c1OCC(=O)N(C)C. The average Bonchev–Trinajstić information content (AvgIpc) is 2.43. The van der Waals surface area contributed by atoms with Gasteiger partial charge in [0.2, 0.25) is 0 Å². The van der Waals surface area contributed by atoms with Crippen molar-refractivity contribution in [3.63, 3.8) is 0 Å². The Balaban J connectivity index is 2.89. The van der Waals surface area contributed by atoms with Gasteiger partial charge in [-0.05, 0) is 19.5 Å². The van der Waals surface area contributed by atoms with Crippen LogP contribution >= 0.6 is 0 Å². The van der Waals surface area contributed by atoms with Gasteiger partial charge in [-0.3, -0.25) is 4.79 Å². The third kappa shape index (κ3) is 4.74. The highest BCUT2D eigenvalue weighted by Crippen LogP contribution is 2.31. The van der Waals surface area contributed by atoms with Crippen LogP contribution in [-0.4, -0.2) is 44.7 Å². The number of nitrogens with zero attached hydrogens (tertiary/aromatic N) is 1. The van der Waals surface area contributed by atoms with E-state index >= 15 is 0 Å². The molecule has 0 unspecified atom stereocenters. The molecule has 0 saturated carbocycles. The lowest BCUT2D eigenvalue weighted by molar-refractivity contribution is -0.130. The Kier molecular flexibility index (Phi) is 6.87. The molecule has 0 spiro atoms. The lowest BCUT2D eigenvalue weighted by Crippen LogP contribution is -2.28. The van der Waals surface area contributed by atoms with E-state index < -0.39 is 0 Å². The molecule has 0 aliphatic carbocycles. The minimum atomic E-state index is -0.0781. The molecule has 1 aromatic carbocycles. The first-order chi connectivity index (χ1) is 9.60. The fraction of sp³-hybridized carbons (Fsp3) is 0.533. The van der Waals surface area contributed by atoms with Gasteiger partial charge in [-0.25, -0.2) is 0 Å². The molecule has 1 rings (SSSR count). The Morgan fingerprint density at radius 2 is 2.00 bits per heavy atom. The number of likely N-dealkylation sites (N-methyl/N-ethyl adjacent to an activating group) is 1. The van der Waals surface area contributed by atoms with Crippen molar-refractivity contribution >= 4 is 5.91 Å². The van der Waals surface area contributed by atoms with E-state index in [0.29, 0.717) is 24.7 Å². The van der Waals surface area contributed by atoms with Crippen LogP contribution in [-0.2, 0) is 11.3 Å². The standard InChI is InChI=1S/C15H24N2O3/c1-5-16-10-12-8-7-9-13(19-6-2)15(12)20-11-14(18)17(3)4/h7-9,16H,5-6,10-11H2,1-4H3. The van der Waals surface area contributed by atoms with E-state index in [9.17, 15) is 4.79 Å². The van der Waals surface area contributed by atoms with E-state index in [-0.39, 0.29) is 12.5 Å². The summed E-state index contributed by atoms with van der Waals surface area (Å²) in [4.78, 5) is 13.2. The Morgan fingerprint density at radius 1 is 1.25 bits per heavy atom. The zero-order valence-corrected chi connectivity index (χ0v) is 12.7. The number of carbonyl (C=O) groups is 1. The Hall–Kier alpha value is -1.75. The zero-order valence-electron chi connectivity index (χ0n) is 12.7. The molecule has 0 saturated heterocycles. The molecule has 112 valence electrons. The van der Waals surface area contributed by atoms with E-state index in [1.165, 1.54) is 4.90 Å². The molecular weight excluding hydrogens is 256 g/mol. The molecule has 0 bridgehead atoms. The number of hydrogen-bond acceptors (Lipinski definition) is 4. The van der Waals surface area contributed by atoms with Crippen LogP contribution in [0, 0.1) is 0 Å². The summed E-state index contributed by atoms with van der Waals surface area (Å²) in [5.74, 6) is 1.24. The fourth-order valence-electron chi connectivity index (χ4n) is 1.66. The quantitative estimate of drug-likeness (QED) is 0.787. The number of para-hydroxylation sites is 1. The predicted molar refractivity (Wildman–Crippen MR) is 79.2 cm³/mol. The second-order valence-electron chi connectivity index (χ2n) is 4.53. The smallest absolute Gasteiger partial charge is 0.259 e. The monoisotopic (exact) mass is 280 g/mol. The molecule has 5 nitrogen and oxygen atoms in total. The van der Waals surface area contributed by atoms with Gasteiger partial charge >= 0.3 is 0 Å². The van der Waals surface area contributed by atoms with E-state index in [1.807, 2.05) is 32.0 Å². The van der Waals surface area contributed by atoms with Crippen molar-refractivity contribution in [2.45, 2.75) is 20.4 Å². The number of carbonyl (C=O) groups excluding carboxylic acids is 1. The second kappa shape index (κ2) is 8.43. The number of rotatable bonds is 8. The minimum absolute atomic E-state index is 0.0101. The molecule has 0 heterocycles. The lowest BCUT2D eigenvalue weighted by Gasteiger charge is -2.17. The third-order valence-electron chi connectivity index (χ3n) is 2.76. The maximum absolute atomic E-state index is 11.7. The van der Waals surface area contributed by atoms with Gasteiger partial charge in [0.25, 0.3) is 5.91 Å². The summed E-state index contributed by atoms with van der Waals surface area (Å²) in [5.41, 5.74) is 0.990. The lowest BCUT2D eigenvalue weighted by atomic mass is 10.2. The largest absolute Gasteiger partial charge is 0.490 e. The van der Waals surface area contributed by atoms with Crippen LogP contribution in [0.2, 0.25) is 0 Å². The zero-order chi connectivity index (χ0) is 15.0. The maximum Gasteiger partial charge on any atom is 0.259 e. The number of amides is 1. The number of nitrogens with one attached hydrogen (secondary N) is 1. The minimum Gasteiger partial charge on any atom is -0.490 e. The van der Waals surface area contributed by atoms with Gasteiger partial charge in [0.1, 0.15) is 0 Å². The Labute approximate surface area is 120 Å². The average molecular weight is 280 g/mol. The highest BCUT2D eigenvalue weighted by Gasteiger charge is 2.13. The van der Waals surface area contributed by atoms with Crippen LogP contribution < -0.4 is 14.8 Å². The summed E-state index contributed by atoms with van der Waals surface area (Å²) in [5, 5.41) is 3.25. The summed E-state index contributed by atoms with van der Waals surface area (Å²) >= 11 is 0. The molecule has 0 aromatic heterocycles. The Bertz CT molecular complexity index is 433. The molecule has 0 aliphatic heterocycles. The maximum atomic E-state index is 11.7. The van der Waals surface area contributed by atoms with Crippen LogP contribution in [0.15, 0.2) is 18.2 Å². The number of ether oxygens (including phenoxy) is 2. The summed E-state index contributed by atoms with van der Waals surface area (Å²) in [6, 6.07) is 5.76. The van der Waals surface area contributed by atoms with E-state index in [0.717, 1.165) is 12.1 Å². The van der Waals surface area contributed by atoms with Crippen LogP contribution in [0.4, 0.5) is 0 Å². The van der Waals surface area contributed by atoms with Crippen LogP contribution in [0.5, 0.6) is 11.5 Å². The van der Waals surface area contributed by atoms with Crippen LogP contribution in [0.1, 0.15) is 19.4 Å². The van der Waals surface area contributed by atoms with Gasteiger partial charge in [0, 0.05) is 26.2 Å². The van der Waals surface area contributed by atoms with Crippen molar-refractivity contribution in [2.75, 3.05) is 33.9 Å². The second-order valence-corrected chi connectivity index (χ2v) is 4.53. The van der Waals surface area contributed by atoms with Gasteiger partial charge in [-0.15, -0.1) is 0 Å². The van der Waals surface area contributed by atoms with E-state index in [4.69, 9.17) is 9.47 Å². The normalized spacial score (nSPS) is 10.2. The van der Waals surface area contributed by atoms with Crippen molar-refractivity contribution in [1.82, 2.24) is 10.2 Å². The van der Waals surface area contributed by atoms with Gasteiger partial charge in [-0.2, -0.15) is 0 Å². The number of hydrogen-bond donors (Lipinski definition) is 1. The van der Waals surface area contributed by atoms with Gasteiger partial charge in [-0.1, -0.05) is 19.1 Å². The molecule has 1 N–H and O–H groups in total. The van der Waals surface area contributed by atoms with Gasteiger partial charge in [0.15, 0.2) is 18.1 Å². The molecule has 1 amide bonds. The van der Waals surface area contributed by atoms with Gasteiger partial charge < -0.3 is 19.7 Å².